The van der Waals surface area contributed by atoms with Crippen molar-refractivity contribution in [2.75, 3.05) is 12.3 Å². The second kappa shape index (κ2) is 5.83. The van der Waals surface area contributed by atoms with E-state index in [1.165, 1.54) is 4.57 Å². The summed E-state index contributed by atoms with van der Waals surface area (Å²) in [5.41, 5.74) is 7.35. The minimum absolute atomic E-state index is 0.140. The number of aromatic nitrogens is 4. The van der Waals surface area contributed by atoms with Crippen LogP contribution in [0.2, 0.25) is 0 Å². The van der Waals surface area contributed by atoms with Gasteiger partial charge in [0.15, 0.2) is 11.6 Å². The molecular formula is C12H19N5O2. The Morgan fingerprint density at radius 1 is 1.37 bits per heavy atom. The molecule has 104 valence electrons. The summed E-state index contributed by atoms with van der Waals surface area (Å²) >= 11 is 0. The zero-order valence-electron chi connectivity index (χ0n) is 11.0. The van der Waals surface area contributed by atoms with Gasteiger partial charge in [0.05, 0.1) is 5.69 Å². The Hall–Kier alpha value is -1.89. The van der Waals surface area contributed by atoms with Crippen LogP contribution in [0, 0.1) is 0 Å². The van der Waals surface area contributed by atoms with E-state index in [1.54, 1.807) is 0 Å². The summed E-state index contributed by atoms with van der Waals surface area (Å²) in [6.45, 7) is 2.70. The Morgan fingerprint density at radius 2 is 2.16 bits per heavy atom. The predicted molar refractivity (Wildman–Crippen MR) is 72.9 cm³/mol. The number of hydrogen-bond acceptors (Lipinski definition) is 5. The number of nitrogens with one attached hydrogen (secondary N) is 1. The zero-order chi connectivity index (χ0) is 13.8. The van der Waals surface area contributed by atoms with Crippen molar-refractivity contribution >= 4 is 17.1 Å². The lowest BCUT2D eigenvalue weighted by Gasteiger charge is -2.07. The fraction of sp³-hybridized carbons (Fsp3) is 0.583. The lowest BCUT2D eigenvalue weighted by Crippen LogP contribution is -2.25. The lowest BCUT2D eigenvalue weighted by molar-refractivity contribution is 0.284. The number of aryl methyl sites for hydroxylation is 2. The average molecular weight is 265 g/mol. The maximum Gasteiger partial charge on any atom is 0.349 e. The summed E-state index contributed by atoms with van der Waals surface area (Å²) in [4.78, 5) is 23.2. The number of hydrogen-bond donors (Lipinski definition) is 3. The molecule has 7 heteroatoms. The summed E-state index contributed by atoms with van der Waals surface area (Å²) < 4.78 is 1.54. The van der Waals surface area contributed by atoms with E-state index in [0.717, 1.165) is 18.4 Å². The molecule has 0 aliphatic heterocycles. The summed E-state index contributed by atoms with van der Waals surface area (Å²) in [6, 6.07) is 0. The van der Waals surface area contributed by atoms with Crippen LogP contribution in [0.5, 0.6) is 0 Å². The number of H-pyrrole nitrogens is 1. The molecule has 19 heavy (non-hydrogen) atoms. The maximum absolute atomic E-state index is 12.0. The van der Waals surface area contributed by atoms with Crippen molar-refractivity contribution in [2.24, 2.45) is 0 Å². The monoisotopic (exact) mass is 265 g/mol. The highest BCUT2D eigenvalue weighted by Crippen LogP contribution is 2.16. The average Bonchev–Trinajstić information content (AvgIpc) is 2.76. The Balaban J connectivity index is 2.48. The topological polar surface area (TPSA) is 110 Å². The molecule has 0 unspecified atom stereocenters. The molecule has 7 nitrogen and oxygen atoms in total. The SMILES string of the molecule is CCCn1c(=O)nc(CCCCO)c2[nH]c(N)nc21. The normalized spacial score (nSPS) is 11.3. The number of imidazole rings is 1. The van der Waals surface area contributed by atoms with Crippen LogP contribution >= 0.6 is 0 Å². The van der Waals surface area contributed by atoms with Gasteiger partial charge in [-0.05, 0) is 25.7 Å². The Labute approximate surface area is 110 Å². The highest BCUT2D eigenvalue weighted by Gasteiger charge is 2.13. The van der Waals surface area contributed by atoms with E-state index in [0.29, 0.717) is 30.7 Å². The first kappa shape index (κ1) is 13.5. The fourth-order valence-electron chi connectivity index (χ4n) is 2.11. The van der Waals surface area contributed by atoms with Gasteiger partial charge in [0.25, 0.3) is 0 Å². The Bertz CT molecular complexity index is 616. The number of rotatable bonds is 6. The largest absolute Gasteiger partial charge is 0.396 e. The highest BCUT2D eigenvalue weighted by atomic mass is 16.2. The molecule has 4 N–H and O–H groups in total. The first-order valence-electron chi connectivity index (χ1n) is 6.53. The van der Waals surface area contributed by atoms with Gasteiger partial charge in [0, 0.05) is 13.2 Å². The molecule has 0 saturated heterocycles. The predicted octanol–water partition coefficient (Wildman–Crippen LogP) is 0.427. The second-order valence-corrected chi connectivity index (χ2v) is 4.49. The number of aromatic amines is 1. The molecule has 0 bridgehead atoms. The van der Waals surface area contributed by atoms with Gasteiger partial charge in [0.2, 0.25) is 0 Å². The van der Waals surface area contributed by atoms with Crippen LogP contribution in [0.4, 0.5) is 5.95 Å². The van der Waals surface area contributed by atoms with E-state index in [9.17, 15) is 4.79 Å². The van der Waals surface area contributed by atoms with Crippen molar-refractivity contribution in [2.45, 2.75) is 39.2 Å². The molecule has 0 atom stereocenters. The molecule has 2 rings (SSSR count). The van der Waals surface area contributed by atoms with Gasteiger partial charge in [-0.1, -0.05) is 6.92 Å². The number of aliphatic hydroxyl groups is 1. The quantitative estimate of drug-likeness (QED) is 0.656. The lowest BCUT2D eigenvalue weighted by atomic mass is 10.2. The third-order valence-electron chi connectivity index (χ3n) is 2.98. The number of nitrogen functional groups attached to an aromatic ring is 1. The van der Waals surface area contributed by atoms with Crippen LogP contribution in [0.15, 0.2) is 4.79 Å². The summed E-state index contributed by atoms with van der Waals surface area (Å²) in [7, 11) is 0. The first-order valence-corrected chi connectivity index (χ1v) is 6.53. The van der Waals surface area contributed by atoms with Gasteiger partial charge in [-0.2, -0.15) is 9.97 Å². The second-order valence-electron chi connectivity index (χ2n) is 4.49. The molecule has 2 aromatic heterocycles. The van der Waals surface area contributed by atoms with E-state index in [2.05, 4.69) is 15.0 Å². The zero-order valence-corrected chi connectivity index (χ0v) is 11.0. The molecule has 0 fully saturated rings. The van der Waals surface area contributed by atoms with Crippen molar-refractivity contribution in [1.29, 1.82) is 0 Å². The van der Waals surface area contributed by atoms with Crippen LogP contribution < -0.4 is 11.4 Å². The van der Waals surface area contributed by atoms with Gasteiger partial charge >= 0.3 is 5.69 Å². The number of nitrogens with two attached hydrogens (primary N) is 1. The molecule has 2 heterocycles. The Kier molecular flexibility index (Phi) is 4.16. The van der Waals surface area contributed by atoms with Crippen LogP contribution in [0.3, 0.4) is 0 Å². The molecule has 0 aliphatic carbocycles. The third kappa shape index (κ3) is 2.76. The van der Waals surface area contributed by atoms with Gasteiger partial charge in [0.1, 0.15) is 5.52 Å². The van der Waals surface area contributed by atoms with Gasteiger partial charge in [-0.25, -0.2) is 4.79 Å². The summed E-state index contributed by atoms with van der Waals surface area (Å²) in [5, 5.41) is 8.80. The highest BCUT2D eigenvalue weighted by molar-refractivity contribution is 5.75. The standard InChI is InChI=1S/C12H19N5O2/c1-2-6-17-10-9(15-11(13)16-10)8(14-12(17)19)5-3-4-7-18/h18H,2-7H2,1H3,(H3,13,15,16). The number of fused-ring (bicyclic) bond motifs is 1. The minimum Gasteiger partial charge on any atom is -0.396 e. The van der Waals surface area contributed by atoms with Crippen LogP contribution in [-0.4, -0.2) is 31.2 Å². The molecule has 2 aromatic rings. The smallest absolute Gasteiger partial charge is 0.349 e. The number of aliphatic hydroxyl groups excluding tert-OH is 1. The minimum atomic E-state index is -0.292. The molecule has 0 radical (unpaired) electrons. The van der Waals surface area contributed by atoms with E-state index in [1.807, 2.05) is 6.92 Å². The van der Waals surface area contributed by atoms with Crippen LogP contribution in [-0.2, 0) is 13.0 Å². The fourth-order valence-corrected chi connectivity index (χ4v) is 2.11. The van der Waals surface area contributed by atoms with Crippen LogP contribution in [0.25, 0.3) is 11.2 Å². The summed E-state index contributed by atoms with van der Waals surface area (Å²) in [6.07, 6.45) is 2.91. The van der Waals surface area contributed by atoms with E-state index < -0.39 is 0 Å². The molecule has 0 amide bonds. The molecular weight excluding hydrogens is 246 g/mol. The van der Waals surface area contributed by atoms with E-state index in [4.69, 9.17) is 10.8 Å². The number of nitrogens with zero attached hydrogens (tertiary/aromatic N) is 3. The maximum atomic E-state index is 12.0. The molecule has 0 aromatic carbocycles. The first-order chi connectivity index (χ1) is 9.17. The molecule has 0 saturated carbocycles. The van der Waals surface area contributed by atoms with Gasteiger partial charge in [-0.15, -0.1) is 0 Å². The number of unbranched alkanes of at least 4 members (excludes halogenated alkanes) is 1. The molecule has 0 aliphatic rings. The molecule has 0 spiro atoms. The Morgan fingerprint density at radius 3 is 2.84 bits per heavy atom. The van der Waals surface area contributed by atoms with Crippen molar-refractivity contribution in [3.63, 3.8) is 0 Å². The number of anilines is 1. The summed E-state index contributed by atoms with van der Waals surface area (Å²) in [5.74, 6) is 0.288. The van der Waals surface area contributed by atoms with Gasteiger partial charge < -0.3 is 15.8 Å². The van der Waals surface area contributed by atoms with Crippen molar-refractivity contribution in [1.82, 2.24) is 19.5 Å². The van der Waals surface area contributed by atoms with Gasteiger partial charge in [-0.3, -0.25) is 4.57 Å². The van der Waals surface area contributed by atoms with Crippen molar-refractivity contribution < 1.29 is 5.11 Å². The van der Waals surface area contributed by atoms with E-state index >= 15 is 0 Å². The third-order valence-corrected chi connectivity index (χ3v) is 2.98. The van der Waals surface area contributed by atoms with Crippen LogP contribution in [0.1, 0.15) is 31.9 Å². The van der Waals surface area contributed by atoms with E-state index in [-0.39, 0.29) is 18.2 Å². The van der Waals surface area contributed by atoms with Crippen molar-refractivity contribution in [3.05, 3.63) is 16.2 Å². The van der Waals surface area contributed by atoms with Crippen molar-refractivity contribution in [3.8, 4) is 0 Å².